The van der Waals surface area contributed by atoms with Crippen molar-refractivity contribution in [1.82, 2.24) is 10.2 Å². The van der Waals surface area contributed by atoms with E-state index in [0.29, 0.717) is 19.6 Å². The van der Waals surface area contributed by atoms with E-state index >= 15 is 0 Å². The molecule has 1 aromatic rings. The number of hydrogen-bond donors (Lipinski definition) is 1. The zero-order valence-electron chi connectivity index (χ0n) is 12.9. The maximum Gasteiger partial charge on any atom is 0.223 e. The second-order valence-electron chi connectivity index (χ2n) is 5.67. The molecule has 4 heteroatoms. The summed E-state index contributed by atoms with van der Waals surface area (Å²) in [7, 11) is 0. The summed E-state index contributed by atoms with van der Waals surface area (Å²) < 4.78 is 0. The lowest BCUT2D eigenvalue weighted by Gasteiger charge is -2.30. The van der Waals surface area contributed by atoms with Crippen LogP contribution in [0.5, 0.6) is 0 Å². The van der Waals surface area contributed by atoms with Crippen LogP contribution in [-0.4, -0.2) is 29.8 Å². The molecule has 0 saturated carbocycles. The van der Waals surface area contributed by atoms with Crippen LogP contribution in [0.1, 0.15) is 37.8 Å². The Labute approximate surface area is 126 Å². The van der Waals surface area contributed by atoms with Gasteiger partial charge in [-0.25, -0.2) is 0 Å². The van der Waals surface area contributed by atoms with Gasteiger partial charge < -0.3 is 10.2 Å². The standard InChI is InChI=1S/C17H24N2O2/c1-3-14-4-6-15(7-5-14)12-18-17(21)16-8-10-19(11-9-16)13(2)20/h4-7,16H,3,8-12H2,1-2H3,(H,18,21). The molecule has 0 radical (unpaired) electrons. The fourth-order valence-electron chi connectivity index (χ4n) is 2.68. The lowest BCUT2D eigenvalue weighted by molar-refractivity contribution is -0.134. The molecule has 1 N–H and O–H groups in total. The van der Waals surface area contributed by atoms with Crippen molar-refractivity contribution in [3.8, 4) is 0 Å². The molecule has 21 heavy (non-hydrogen) atoms. The Morgan fingerprint density at radius 3 is 2.24 bits per heavy atom. The highest BCUT2D eigenvalue weighted by Crippen LogP contribution is 2.17. The molecule has 1 saturated heterocycles. The van der Waals surface area contributed by atoms with Gasteiger partial charge in [0.25, 0.3) is 0 Å². The third-order valence-electron chi connectivity index (χ3n) is 4.21. The van der Waals surface area contributed by atoms with E-state index in [4.69, 9.17) is 0 Å². The summed E-state index contributed by atoms with van der Waals surface area (Å²) >= 11 is 0. The fourth-order valence-corrected chi connectivity index (χ4v) is 2.68. The van der Waals surface area contributed by atoms with Gasteiger partial charge in [0.15, 0.2) is 0 Å². The third kappa shape index (κ3) is 4.31. The normalized spacial score (nSPS) is 15.8. The third-order valence-corrected chi connectivity index (χ3v) is 4.21. The van der Waals surface area contributed by atoms with Gasteiger partial charge in [-0.15, -0.1) is 0 Å². The van der Waals surface area contributed by atoms with Crippen molar-refractivity contribution >= 4 is 11.8 Å². The molecule has 1 aliphatic rings. The molecule has 2 amide bonds. The van der Waals surface area contributed by atoms with Crippen LogP contribution in [0.25, 0.3) is 0 Å². The quantitative estimate of drug-likeness (QED) is 0.922. The van der Waals surface area contributed by atoms with E-state index in [1.165, 1.54) is 5.56 Å². The van der Waals surface area contributed by atoms with Crippen LogP contribution < -0.4 is 5.32 Å². The zero-order chi connectivity index (χ0) is 15.2. The number of rotatable bonds is 4. The summed E-state index contributed by atoms with van der Waals surface area (Å²) in [5.41, 5.74) is 2.43. The van der Waals surface area contributed by atoms with Crippen LogP contribution in [0.15, 0.2) is 24.3 Å². The van der Waals surface area contributed by atoms with Gasteiger partial charge in [-0.1, -0.05) is 31.2 Å². The zero-order valence-corrected chi connectivity index (χ0v) is 12.9. The monoisotopic (exact) mass is 288 g/mol. The summed E-state index contributed by atoms with van der Waals surface area (Å²) in [5.74, 6) is 0.248. The topological polar surface area (TPSA) is 49.4 Å². The van der Waals surface area contributed by atoms with Crippen LogP contribution in [0.2, 0.25) is 0 Å². The average Bonchev–Trinajstić information content (AvgIpc) is 2.53. The SMILES string of the molecule is CCc1ccc(CNC(=O)C2CCN(C(C)=O)CC2)cc1. The molecule has 114 valence electrons. The first-order valence-corrected chi connectivity index (χ1v) is 7.71. The molecule has 4 nitrogen and oxygen atoms in total. The average molecular weight is 288 g/mol. The number of aryl methyl sites for hydroxylation is 1. The van der Waals surface area contributed by atoms with Gasteiger partial charge in [0.05, 0.1) is 0 Å². The number of amides is 2. The Morgan fingerprint density at radius 1 is 1.14 bits per heavy atom. The minimum atomic E-state index is 0.0375. The van der Waals surface area contributed by atoms with E-state index in [9.17, 15) is 9.59 Å². The first-order chi connectivity index (χ1) is 10.1. The maximum atomic E-state index is 12.2. The number of carbonyl (C=O) groups is 2. The highest BCUT2D eigenvalue weighted by molar-refractivity contribution is 5.79. The van der Waals surface area contributed by atoms with Crippen LogP contribution in [-0.2, 0) is 22.6 Å². The van der Waals surface area contributed by atoms with Crippen molar-refractivity contribution in [3.63, 3.8) is 0 Å². The number of nitrogens with one attached hydrogen (secondary N) is 1. The van der Waals surface area contributed by atoms with Crippen molar-refractivity contribution in [2.75, 3.05) is 13.1 Å². The number of benzene rings is 1. The van der Waals surface area contributed by atoms with Gasteiger partial charge in [-0.2, -0.15) is 0 Å². The van der Waals surface area contributed by atoms with E-state index < -0.39 is 0 Å². The molecule has 0 atom stereocenters. The Balaban J connectivity index is 1.78. The van der Waals surface area contributed by atoms with Gasteiger partial charge in [0, 0.05) is 32.5 Å². The summed E-state index contributed by atoms with van der Waals surface area (Å²) in [6, 6.07) is 8.34. The minimum Gasteiger partial charge on any atom is -0.352 e. The van der Waals surface area contributed by atoms with Crippen molar-refractivity contribution in [1.29, 1.82) is 0 Å². The van der Waals surface area contributed by atoms with Crippen LogP contribution in [0, 0.1) is 5.92 Å². The fraction of sp³-hybridized carbons (Fsp3) is 0.529. The van der Waals surface area contributed by atoms with Gasteiger partial charge in [-0.05, 0) is 30.4 Å². The smallest absolute Gasteiger partial charge is 0.223 e. The highest BCUT2D eigenvalue weighted by atomic mass is 16.2. The van der Waals surface area contributed by atoms with Crippen LogP contribution in [0.4, 0.5) is 0 Å². The molecular formula is C17H24N2O2. The first kappa shape index (κ1) is 15.5. The molecule has 0 unspecified atom stereocenters. The van der Waals surface area contributed by atoms with E-state index in [-0.39, 0.29) is 17.7 Å². The number of piperidine rings is 1. The second kappa shape index (κ2) is 7.25. The van der Waals surface area contributed by atoms with Crippen molar-refractivity contribution in [3.05, 3.63) is 35.4 Å². The van der Waals surface area contributed by atoms with E-state index in [1.54, 1.807) is 6.92 Å². The minimum absolute atomic E-state index is 0.0375. The lowest BCUT2D eigenvalue weighted by atomic mass is 9.96. The predicted molar refractivity (Wildman–Crippen MR) is 82.6 cm³/mol. The van der Waals surface area contributed by atoms with Gasteiger partial charge in [0.1, 0.15) is 0 Å². The Bertz CT molecular complexity index is 488. The van der Waals surface area contributed by atoms with Crippen LogP contribution in [0.3, 0.4) is 0 Å². The molecule has 0 bridgehead atoms. The summed E-state index contributed by atoms with van der Waals surface area (Å²) in [6.45, 7) is 5.68. The largest absolute Gasteiger partial charge is 0.352 e. The number of hydrogen-bond acceptors (Lipinski definition) is 2. The summed E-state index contributed by atoms with van der Waals surface area (Å²) in [6.07, 6.45) is 2.56. The molecule has 0 aliphatic carbocycles. The Kier molecular flexibility index (Phi) is 5.37. The number of likely N-dealkylation sites (tertiary alicyclic amines) is 1. The van der Waals surface area contributed by atoms with Gasteiger partial charge in [-0.3, -0.25) is 9.59 Å². The van der Waals surface area contributed by atoms with Crippen molar-refractivity contribution in [2.24, 2.45) is 5.92 Å². The Hall–Kier alpha value is -1.84. The molecular weight excluding hydrogens is 264 g/mol. The highest BCUT2D eigenvalue weighted by Gasteiger charge is 2.25. The van der Waals surface area contributed by atoms with Gasteiger partial charge in [0.2, 0.25) is 11.8 Å². The molecule has 2 rings (SSSR count). The van der Waals surface area contributed by atoms with Crippen molar-refractivity contribution in [2.45, 2.75) is 39.7 Å². The lowest BCUT2D eigenvalue weighted by Crippen LogP contribution is -2.42. The van der Waals surface area contributed by atoms with E-state index in [1.807, 2.05) is 4.90 Å². The molecule has 1 heterocycles. The maximum absolute atomic E-state index is 12.2. The molecule has 1 aromatic carbocycles. The number of carbonyl (C=O) groups excluding carboxylic acids is 2. The Morgan fingerprint density at radius 2 is 1.71 bits per heavy atom. The van der Waals surface area contributed by atoms with E-state index in [0.717, 1.165) is 24.8 Å². The predicted octanol–water partition coefficient (Wildman–Crippen LogP) is 2.12. The number of nitrogens with zero attached hydrogens (tertiary/aromatic N) is 1. The van der Waals surface area contributed by atoms with Crippen LogP contribution >= 0.6 is 0 Å². The molecule has 1 aliphatic heterocycles. The molecule has 0 spiro atoms. The summed E-state index contributed by atoms with van der Waals surface area (Å²) in [5, 5.41) is 3.01. The second-order valence-corrected chi connectivity index (χ2v) is 5.67. The summed E-state index contributed by atoms with van der Waals surface area (Å²) in [4.78, 5) is 25.2. The molecule has 0 aromatic heterocycles. The first-order valence-electron chi connectivity index (χ1n) is 7.71. The van der Waals surface area contributed by atoms with Gasteiger partial charge >= 0.3 is 0 Å². The molecule has 1 fully saturated rings. The van der Waals surface area contributed by atoms with E-state index in [2.05, 4.69) is 36.5 Å². The van der Waals surface area contributed by atoms with Crippen molar-refractivity contribution < 1.29 is 9.59 Å².